The molecule has 0 spiro atoms. The molecular weight excluding hydrogens is 402 g/mol. The number of ether oxygens (including phenoxy) is 1. The van der Waals surface area contributed by atoms with E-state index in [9.17, 15) is 4.79 Å². The van der Waals surface area contributed by atoms with Gasteiger partial charge in [-0.2, -0.15) is 4.98 Å². The van der Waals surface area contributed by atoms with Gasteiger partial charge in [-0.05, 0) is 56.7 Å². The molecule has 32 heavy (non-hydrogen) atoms. The predicted molar refractivity (Wildman–Crippen MR) is 127 cm³/mol. The Balaban J connectivity index is 1.43. The summed E-state index contributed by atoms with van der Waals surface area (Å²) >= 11 is 0. The summed E-state index contributed by atoms with van der Waals surface area (Å²) in [6, 6.07) is 15.6. The summed E-state index contributed by atoms with van der Waals surface area (Å²) in [5.41, 5.74) is 4.79. The molecule has 3 aromatic rings. The molecule has 1 amide bonds. The van der Waals surface area contributed by atoms with Gasteiger partial charge in [0.25, 0.3) is 5.91 Å². The van der Waals surface area contributed by atoms with Crippen LogP contribution in [0.2, 0.25) is 0 Å². The second-order valence-corrected chi connectivity index (χ2v) is 8.15. The number of anilines is 3. The van der Waals surface area contributed by atoms with Crippen molar-refractivity contribution in [3.63, 3.8) is 0 Å². The number of amides is 1. The quantitative estimate of drug-likeness (QED) is 0.655. The Morgan fingerprint density at radius 1 is 0.938 bits per heavy atom. The number of methoxy groups -OCH3 is 1. The van der Waals surface area contributed by atoms with Crippen molar-refractivity contribution in [2.75, 3.05) is 43.5 Å². The molecular formula is C25H29N5O2. The van der Waals surface area contributed by atoms with E-state index in [0.717, 1.165) is 34.1 Å². The Labute approximate surface area is 189 Å². The molecule has 7 heteroatoms. The average molecular weight is 432 g/mol. The van der Waals surface area contributed by atoms with Gasteiger partial charge in [0, 0.05) is 49.2 Å². The summed E-state index contributed by atoms with van der Waals surface area (Å²) in [4.78, 5) is 26.4. The topological polar surface area (TPSA) is 70.6 Å². The predicted octanol–water partition coefficient (Wildman–Crippen LogP) is 4.12. The van der Waals surface area contributed by atoms with Gasteiger partial charge >= 0.3 is 0 Å². The maximum Gasteiger partial charge on any atom is 0.254 e. The lowest BCUT2D eigenvalue weighted by Crippen LogP contribution is -2.49. The van der Waals surface area contributed by atoms with Crippen LogP contribution in [0.4, 0.5) is 17.5 Å². The lowest BCUT2D eigenvalue weighted by Gasteiger charge is -2.35. The number of benzene rings is 2. The molecule has 0 radical (unpaired) electrons. The number of nitrogens with one attached hydrogen (secondary N) is 1. The van der Waals surface area contributed by atoms with Crippen LogP contribution in [-0.2, 0) is 0 Å². The summed E-state index contributed by atoms with van der Waals surface area (Å²) < 4.78 is 5.21. The maximum atomic E-state index is 13.0. The summed E-state index contributed by atoms with van der Waals surface area (Å²) in [6.07, 6.45) is 0. The molecule has 1 N–H and O–H groups in total. The number of rotatable bonds is 5. The van der Waals surface area contributed by atoms with Gasteiger partial charge in [0.15, 0.2) is 0 Å². The van der Waals surface area contributed by atoms with Crippen LogP contribution in [-0.4, -0.2) is 54.1 Å². The molecule has 4 rings (SSSR count). The molecule has 7 nitrogen and oxygen atoms in total. The van der Waals surface area contributed by atoms with Crippen LogP contribution in [0.15, 0.2) is 48.5 Å². The molecule has 2 heterocycles. The van der Waals surface area contributed by atoms with Crippen LogP contribution in [0.25, 0.3) is 0 Å². The van der Waals surface area contributed by atoms with E-state index in [1.807, 2.05) is 68.1 Å². The van der Waals surface area contributed by atoms with Crippen LogP contribution in [0.3, 0.4) is 0 Å². The second kappa shape index (κ2) is 9.26. The molecule has 1 aliphatic heterocycles. The van der Waals surface area contributed by atoms with Crippen molar-refractivity contribution in [3.8, 4) is 5.75 Å². The van der Waals surface area contributed by atoms with Gasteiger partial charge in [0.1, 0.15) is 11.6 Å². The van der Waals surface area contributed by atoms with Crippen LogP contribution < -0.4 is 15.0 Å². The number of piperazine rings is 1. The summed E-state index contributed by atoms with van der Waals surface area (Å²) in [6.45, 7) is 8.68. The van der Waals surface area contributed by atoms with Gasteiger partial charge in [-0.3, -0.25) is 4.79 Å². The first-order valence-electron chi connectivity index (χ1n) is 10.8. The van der Waals surface area contributed by atoms with E-state index in [0.29, 0.717) is 32.1 Å². The Morgan fingerprint density at radius 2 is 1.66 bits per heavy atom. The highest BCUT2D eigenvalue weighted by atomic mass is 16.5. The van der Waals surface area contributed by atoms with Crippen LogP contribution in [0.1, 0.15) is 27.2 Å². The molecule has 0 aliphatic carbocycles. The summed E-state index contributed by atoms with van der Waals surface area (Å²) in [5, 5.41) is 3.34. The van der Waals surface area contributed by atoms with E-state index in [1.54, 1.807) is 7.11 Å². The Bertz CT molecular complexity index is 1110. The van der Waals surface area contributed by atoms with E-state index in [2.05, 4.69) is 21.3 Å². The highest BCUT2D eigenvalue weighted by Gasteiger charge is 2.24. The van der Waals surface area contributed by atoms with E-state index >= 15 is 0 Å². The minimum absolute atomic E-state index is 0.0918. The van der Waals surface area contributed by atoms with E-state index in [-0.39, 0.29) is 5.91 Å². The number of nitrogens with zero attached hydrogens (tertiary/aromatic N) is 4. The van der Waals surface area contributed by atoms with Crippen molar-refractivity contribution in [1.29, 1.82) is 0 Å². The molecule has 0 bridgehead atoms. The molecule has 1 aromatic heterocycles. The zero-order chi connectivity index (χ0) is 22.7. The molecule has 1 aliphatic rings. The van der Waals surface area contributed by atoms with Crippen LogP contribution in [0, 0.1) is 20.8 Å². The highest BCUT2D eigenvalue weighted by molar-refractivity contribution is 5.95. The first-order valence-corrected chi connectivity index (χ1v) is 10.8. The number of carbonyl (C=O) groups is 1. The molecule has 1 fully saturated rings. The van der Waals surface area contributed by atoms with Gasteiger partial charge in [0.2, 0.25) is 5.95 Å². The highest BCUT2D eigenvalue weighted by Crippen LogP contribution is 2.22. The van der Waals surface area contributed by atoms with Crippen molar-refractivity contribution in [2.45, 2.75) is 20.8 Å². The first kappa shape index (κ1) is 21.6. The third-order valence-electron chi connectivity index (χ3n) is 5.67. The fourth-order valence-electron chi connectivity index (χ4n) is 3.91. The molecule has 2 aromatic carbocycles. The van der Waals surface area contributed by atoms with Gasteiger partial charge in [0.05, 0.1) is 7.11 Å². The van der Waals surface area contributed by atoms with E-state index in [1.165, 1.54) is 5.56 Å². The van der Waals surface area contributed by atoms with Crippen molar-refractivity contribution < 1.29 is 9.53 Å². The van der Waals surface area contributed by atoms with Crippen molar-refractivity contribution >= 4 is 23.4 Å². The minimum atomic E-state index is 0.0918. The fourth-order valence-corrected chi connectivity index (χ4v) is 3.91. The summed E-state index contributed by atoms with van der Waals surface area (Å²) in [5.74, 6) is 2.32. The van der Waals surface area contributed by atoms with Gasteiger partial charge in [-0.15, -0.1) is 0 Å². The number of carbonyl (C=O) groups excluding carboxylic acids is 1. The molecule has 1 saturated heterocycles. The minimum Gasteiger partial charge on any atom is -0.497 e. The van der Waals surface area contributed by atoms with E-state index in [4.69, 9.17) is 9.72 Å². The lowest BCUT2D eigenvalue weighted by atomic mass is 10.0. The molecule has 166 valence electrons. The molecule has 0 atom stereocenters. The van der Waals surface area contributed by atoms with Crippen molar-refractivity contribution in [3.05, 3.63) is 70.9 Å². The zero-order valence-electron chi connectivity index (χ0n) is 19.1. The second-order valence-electron chi connectivity index (χ2n) is 8.15. The third kappa shape index (κ3) is 4.82. The third-order valence-corrected chi connectivity index (χ3v) is 5.67. The van der Waals surface area contributed by atoms with Gasteiger partial charge < -0.3 is 19.9 Å². The first-order chi connectivity index (χ1) is 15.4. The fraction of sp³-hybridized carbons (Fsp3) is 0.320. The number of hydrogen-bond acceptors (Lipinski definition) is 6. The van der Waals surface area contributed by atoms with Crippen molar-refractivity contribution in [1.82, 2.24) is 14.9 Å². The summed E-state index contributed by atoms with van der Waals surface area (Å²) in [7, 11) is 1.65. The van der Waals surface area contributed by atoms with Gasteiger partial charge in [-0.1, -0.05) is 17.7 Å². The smallest absolute Gasteiger partial charge is 0.254 e. The normalized spacial score (nSPS) is 13.8. The molecule has 0 unspecified atom stereocenters. The average Bonchev–Trinajstić information content (AvgIpc) is 2.79. The van der Waals surface area contributed by atoms with Crippen LogP contribution >= 0.6 is 0 Å². The van der Waals surface area contributed by atoms with Crippen molar-refractivity contribution in [2.24, 2.45) is 0 Å². The number of aryl methyl sites for hydroxylation is 3. The monoisotopic (exact) mass is 431 g/mol. The lowest BCUT2D eigenvalue weighted by molar-refractivity contribution is 0.0745. The van der Waals surface area contributed by atoms with Gasteiger partial charge in [-0.25, -0.2) is 4.98 Å². The molecule has 0 saturated carbocycles. The van der Waals surface area contributed by atoms with Crippen LogP contribution in [0.5, 0.6) is 5.75 Å². The standard InChI is InChI=1S/C25H29N5O2/c1-17-5-10-22(18(2)15-17)24(31)29-11-13-30(14-12-29)25-26-19(3)16-23(28-25)27-20-6-8-21(32-4)9-7-20/h5-10,15-16H,11-14H2,1-4H3,(H,26,27,28). The largest absolute Gasteiger partial charge is 0.497 e. The van der Waals surface area contributed by atoms with E-state index < -0.39 is 0 Å². The Morgan fingerprint density at radius 3 is 2.31 bits per heavy atom. The number of hydrogen-bond donors (Lipinski definition) is 1. The SMILES string of the molecule is COc1ccc(Nc2cc(C)nc(N3CCN(C(=O)c4ccc(C)cc4C)CC3)n2)cc1. The zero-order valence-corrected chi connectivity index (χ0v) is 19.1. The Hall–Kier alpha value is -3.61. The number of aromatic nitrogens is 2. The maximum absolute atomic E-state index is 13.0. The Kier molecular flexibility index (Phi) is 6.25.